The number of imide groups is 2. The zero-order valence-electron chi connectivity index (χ0n) is 20.5. The highest BCUT2D eigenvalue weighted by Crippen LogP contribution is 2.58. The maximum Gasteiger partial charge on any atom is 0.261 e. The summed E-state index contributed by atoms with van der Waals surface area (Å²) < 4.78 is 0. The van der Waals surface area contributed by atoms with Gasteiger partial charge < -0.3 is 0 Å². The molecule has 0 spiro atoms. The van der Waals surface area contributed by atoms with Gasteiger partial charge in [0.25, 0.3) is 23.6 Å². The molecule has 172 valence electrons. The molecule has 2 aliphatic heterocycles. The first-order valence-electron chi connectivity index (χ1n) is 11.1. The van der Waals surface area contributed by atoms with Gasteiger partial charge in [0.15, 0.2) is 0 Å². The predicted molar refractivity (Wildman–Crippen MR) is 125 cm³/mol. The van der Waals surface area contributed by atoms with E-state index >= 15 is 0 Å². The largest absolute Gasteiger partial charge is 0.277 e. The number of benzene rings is 2. The fourth-order valence-electron chi connectivity index (χ4n) is 6.21. The monoisotopic (exact) mass is 446 g/mol. The lowest BCUT2D eigenvalue weighted by atomic mass is 9.48. The molecule has 2 aromatic carbocycles. The van der Waals surface area contributed by atoms with Gasteiger partial charge in [0, 0.05) is 19.5 Å². The van der Waals surface area contributed by atoms with Crippen LogP contribution in [-0.4, -0.2) is 47.5 Å². The number of nitrogens with zero attached hydrogens (tertiary/aromatic N) is 2. The van der Waals surface area contributed by atoms with E-state index in [1.54, 1.807) is 12.1 Å². The Bertz CT molecular complexity index is 1150. The van der Waals surface area contributed by atoms with E-state index in [4.69, 9.17) is 0 Å². The lowest BCUT2D eigenvalue weighted by molar-refractivity contribution is 0.0678. The normalized spacial score (nSPS) is 16.6. The molecule has 2 aliphatic rings. The van der Waals surface area contributed by atoms with Crippen LogP contribution in [0.1, 0.15) is 94.1 Å². The fourth-order valence-corrected chi connectivity index (χ4v) is 6.21. The van der Waals surface area contributed by atoms with E-state index in [0.29, 0.717) is 22.3 Å². The molecule has 0 radical (unpaired) electrons. The zero-order valence-corrected chi connectivity index (χ0v) is 20.5. The van der Waals surface area contributed by atoms with Crippen LogP contribution in [0.2, 0.25) is 0 Å². The van der Waals surface area contributed by atoms with Gasteiger partial charge in [0.2, 0.25) is 0 Å². The van der Waals surface area contributed by atoms with Crippen LogP contribution >= 0.6 is 0 Å². The highest BCUT2D eigenvalue weighted by Gasteiger charge is 2.54. The molecular weight excluding hydrogens is 416 g/mol. The molecule has 0 saturated heterocycles. The fraction of sp³-hybridized carbons (Fsp3) is 0.407. The lowest BCUT2D eigenvalue weighted by Gasteiger charge is -2.55. The van der Waals surface area contributed by atoms with Gasteiger partial charge in [0.05, 0.1) is 22.3 Å². The third-order valence-electron chi connectivity index (χ3n) is 7.30. The molecule has 0 N–H and O–H groups in total. The van der Waals surface area contributed by atoms with Crippen LogP contribution in [0.4, 0.5) is 0 Å². The van der Waals surface area contributed by atoms with E-state index in [0.717, 1.165) is 20.9 Å². The Labute approximate surface area is 194 Å². The van der Waals surface area contributed by atoms with E-state index in [1.165, 1.54) is 14.1 Å². The van der Waals surface area contributed by atoms with Gasteiger partial charge in [-0.2, -0.15) is 0 Å². The summed E-state index contributed by atoms with van der Waals surface area (Å²) >= 11 is 0. The van der Waals surface area contributed by atoms with Gasteiger partial charge in [0.1, 0.15) is 0 Å². The Kier molecular flexibility index (Phi) is 4.76. The van der Waals surface area contributed by atoms with Crippen LogP contribution in [0.5, 0.6) is 0 Å². The SMILES string of the molecule is CN1C(=O)c2ccc(C(c3ccc4c(c3)C(=O)N(C)C4=O)(C(C)(C)C)C(C)(C)C)cc2C1=O. The third kappa shape index (κ3) is 2.86. The van der Waals surface area contributed by atoms with Gasteiger partial charge in [-0.25, -0.2) is 0 Å². The Morgan fingerprint density at radius 1 is 0.515 bits per heavy atom. The van der Waals surface area contributed by atoms with Crippen molar-refractivity contribution in [3.8, 4) is 0 Å². The van der Waals surface area contributed by atoms with Gasteiger partial charge in [-0.05, 0) is 46.2 Å². The van der Waals surface area contributed by atoms with Crippen molar-refractivity contribution in [2.75, 3.05) is 14.1 Å². The molecule has 6 nitrogen and oxygen atoms in total. The standard InChI is InChI=1S/C27H30N2O4/c1-25(2,3)27(26(4,5)6,15-9-11-17-19(13-15)23(32)28(7)21(17)30)16-10-12-18-20(14-16)24(33)29(8)22(18)31/h9-14H,1-8H3. The minimum absolute atomic E-state index is 0.302. The molecule has 0 aromatic heterocycles. The number of hydrogen-bond donors (Lipinski definition) is 0. The molecule has 0 saturated carbocycles. The number of hydrogen-bond acceptors (Lipinski definition) is 4. The van der Waals surface area contributed by atoms with Crippen molar-refractivity contribution in [3.05, 3.63) is 69.8 Å². The average molecular weight is 447 g/mol. The molecule has 6 heteroatoms. The Morgan fingerprint density at radius 2 is 0.818 bits per heavy atom. The Balaban J connectivity index is 2.06. The first kappa shape index (κ1) is 22.9. The number of carbonyl (C=O) groups is 4. The summed E-state index contributed by atoms with van der Waals surface area (Å²) in [5.74, 6) is -1.23. The van der Waals surface area contributed by atoms with Crippen molar-refractivity contribution in [3.63, 3.8) is 0 Å². The third-order valence-corrected chi connectivity index (χ3v) is 7.30. The smallest absolute Gasteiger partial charge is 0.261 e. The summed E-state index contributed by atoms with van der Waals surface area (Å²) in [5.41, 5.74) is 2.00. The number of rotatable bonds is 2. The lowest BCUT2D eigenvalue weighted by Crippen LogP contribution is -2.51. The van der Waals surface area contributed by atoms with Crippen LogP contribution in [-0.2, 0) is 5.41 Å². The summed E-state index contributed by atoms with van der Waals surface area (Å²) in [6, 6.07) is 11.0. The van der Waals surface area contributed by atoms with E-state index in [-0.39, 0.29) is 34.5 Å². The van der Waals surface area contributed by atoms with E-state index in [9.17, 15) is 19.2 Å². The van der Waals surface area contributed by atoms with Gasteiger partial charge in [-0.15, -0.1) is 0 Å². The summed E-state index contributed by atoms with van der Waals surface area (Å²) in [4.78, 5) is 52.9. The van der Waals surface area contributed by atoms with E-state index in [1.807, 2.05) is 24.3 Å². The molecule has 2 heterocycles. The van der Waals surface area contributed by atoms with Crippen LogP contribution in [0.3, 0.4) is 0 Å². The van der Waals surface area contributed by atoms with Crippen molar-refractivity contribution in [2.45, 2.75) is 47.0 Å². The summed E-state index contributed by atoms with van der Waals surface area (Å²) in [6.45, 7) is 12.8. The topological polar surface area (TPSA) is 74.8 Å². The second-order valence-electron chi connectivity index (χ2n) is 11.1. The van der Waals surface area contributed by atoms with E-state index in [2.05, 4.69) is 41.5 Å². The minimum Gasteiger partial charge on any atom is -0.277 e. The second kappa shape index (κ2) is 6.86. The highest BCUT2D eigenvalue weighted by atomic mass is 16.2. The van der Waals surface area contributed by atoms with Gasteiger partial charge in [-0.1, -0.05) is 53.7 Å². The van der Waals surface area contributed by atoms with Gasteiger partial charge >= 0.3 is 0 Å². The second-order valence-corrected chi connectivity index (χ2v) is 11.1. The zero-order chi connectivity index (χ0) is 24.7. The molecule has 0 aliphatic carbocycles. The maximum atomic E-state index is 12.8. The van der Waals surface area contributed by atoms with Crippen LogP contribution < -0.4 is 0 Å². The molecule has 0 fully saturated rings. The number of amides is 4. The minimum atomic E-state index is -0.654. The average Bonchev–Trinajstić information content (AvgIpc) is 3.06. The number of carbonyl (C=O) groups excluding carboxylic acids is 4. The molecule has 0 bridgehead atoms. The summed E-state index contributed by atoms with van der Waals surface area (Å²) in [5, 5.41) is 0. The first-order valence-corrected chi connectivity index (χ1v) is 11.1. The van der Waals surface area contributed by atoms with Crippen LogP contribution in [0.25, 0.3) is 0 Å². The summed E-state index contributed by atoms with van der Waals surface area (Å²) in [6.07, 6.45) is 0. The Morgan fingerprint density at radius 3 is 1.12 bits per heavy atom. The summed E-state index contributed by atoms with van der Waals surface area (Å²) in [7, 11) is 2.98. The maximum absolute atomic E-state index is 12.8. The van der Waals surface area contributed by atoms with Gasteiger partial charge in [-0.3, -0.25) is 29.0 Å². The molecule has 0 atom stereocenters. The van der Waals surface area contributed by atoms with Crippen molar-refractivity contribution in [2.24, 2.45) is 10.8 Å². The highest BCUT2D eigenvalue weighted by molar-refractivity contribution is 6.22. The van der Waals surface area contributed by atoms with E-state index < -0.39 is 5.41 Å². The molecular formula is C27H30N2O4. The number of fused-ring (bicyclic) bond motifs is 2. The molecule has 4 rings (SSSR count). The van der Waals surface area contributed by atoms with Crippen molar-refractivity contribution < 1.29 is 19.2 Å². The molecule has 0 unspecified atom stereocenters. The predicted octanol–water partition coefficient (Wildman–Crippen LogP) is 4.52. The quantitative estimate of drug-likeness (QED) is 0.636. The van der Waals surface area contributed by atoms with Crippen molar-refractivity contribution in [1.82, 2.24) is 9.80 Å². The molecule has 33 heavy (non-hydrogen) atoms. The Hall–Kier alpha value is -3.28. The molecule has 4 amide bonds. The van der Waals surface area contributed by atoms with Crippen molar-refractivity contribution in [1.29, 1.82) is 0 Å². The van der Waals surface area contributed by atoms with Crippen LogP contribution in [0.15, 0.2) is 36.4 Å². The van der Waals surface area contributed by atoms with Crippen LogP contribution in [0, 0.1) is 10.8 Å². The first-order chi connectivity index (χ1) is 15.1. The molecule has 2 aromatic rings. The van der Waals surface area contributed by atoms with Crippen molar-refractivity contribution >= 4 is 23.6 Å².